The summed E-state index contributed by atoms with van der Waals surface area (Å²) >= 11 is 7.16. The molecule has 0 aliphatic rings. The van der Waals surface area contributed by atoms with Crippen LogP contribution in [0.25, 0.3) is 21.3 Å². The van der Waals surface area contributed by atoms with Crippen molar-refractivity contribution < 1.29 is 14.1 Å². The van der Waals surface area contributed by atoms with Crippen molar-refractivity contribution in [2.24, 2.45) is 0 Å². The predicted octanol–water partition coefficient (Wildman–Crippen LogP) is 3.61. The Morgan fingerprint density at radius 3 is 2.59 bits per heavy atom. The lowest BCUT2D eigenvalue weighted by Gasteiger charge is -1.96. The minimum Gasteiger partial charge on any atom is -0.464 e. The zero-order valence-electron chi connectivity index (χ0n) is 11.7. The van der Waals surface area contributed by atoms with Crippen LogP contribution in [0.5, 0.6) is 0 Å². The van der Waals surface area contributed by atoms with Gasteiger partial charge >= 0.3 is 5.97 Å². The van der Waals surface area contributed by atoms with Crippen LogP contribution in [0.1, 0.15) is 16.3 Å². The van der Waals surface area contributed by atoms with Crippen molar-refractivity contribution in [3.63, 3.8) is 0 Å². The van der Waals surface area contributed by atoms with E-state index >= 15 is 0 Å². The maximum absolute atomic E-state index is 11.9. The highest BCUT2D eigenvalue weighted by atomic mass is 35.5. The van der Waals surface area contributed by atoms with Crippen LogP contribution in [0.3, 0.4) is 0 Å². The Bertz CT molecular complexity index is 826. The van der Waals surface area contributed by atoms with Crippen LogP contribution in [0, 0.1) is 6.92 Å². The molecule has 3 aromatic rings. The van der Waals surface area contributed by atoms with Crippen molar-refractivity contribution in [1.29, 1.82) is 0 Å². The van der Waals surface area contributed by atoms with E-state index in [0.717, 1.165) is 5.56 Å². The highest BCUT2D eigenvalue weighted by Crippen LogP contribution is 2.35. The molecular weight excluding hydrogens is 326 g/mol. The number of aryl methyl sites for hydroxylation is 1. The molecule has 3 rings (SSSR count). The molecule has 0 N–H and O–H groups in total. The van der Waals surface area contributed by atoms with Crippen LogP contribution in [-0.2, 0) is 4.74 Å². The molecule has 0 saturated carbocycles. The molecule has 8 heteroatoms. The number of ether oxygens (including phenoxy) is 1. The third-order valence-electron chi connectivity index (χ3n) is 2.82. The highest BCUT2D eigenvalue weighted by Gasteiger charge is 2.24. The number of hydrogen-bond donors (Lipinski definition) is 0. The molecule has 0 amide bonds. The van der Waals surface area contributed by atoms with Crippen LogP contribution in [0.15, 0.2) is 28.8 Å². The first-order chi connectivity index (χ1) is 10.6. The summed E-state index contributed by atoms with van der Waals surface area (Å²) in [6, 6.07) is 7.16. The summed E-state index contributed by atoms with van der Waals surface area (Å²) in [5, 5.41) is 5.00. The summed E-state index contributed by atoms with van der Waals surface area (Å²) in [7, 11) is 1.30. The van der Waals surface area contributed by atoms with Gasteiger partial charge in [0.15, 0.2) is 11.5 Å². The Hall–Kier alpha value is -2.25. The minimum absolute atomic E-state index is 0.154. The fraction of sp³-hybridized carbons (Fsp3) is 0.143. The van der Waals surface area contributed by atoms with Crippen molar-refractivity contribution in [3.05, 3.63) is 40.8 Å². The molecule has 2 aromatic heterocycles. The van der Waals surface area contributed by atoms with Gasteiger partial charge in [0.2, 0.25) is 0 Å². The number of carbonyl (C=O) groups is 1. The van der Waals surface area contributed by atoms with Crippen LogP contribution in [0.4, 0.5) is 0 Å². The Morgan fingerprint density at radius 1 is 1.27 bits per heavy atom. The molecule has 0 radical (unpaired) electrons. The van der Waals surface area contributed by atoms with E-state index in [0.29, 0.717) is 20.7 Å². The molecule has 0 saturated heterocycles. The number of halogens is 1. The van der Waals surface area contributed by atoms with Crippen molar-refractivity contribution in [1.82, 2.24) is 15.1 Å². The normalized spacial score (nSPS) is 10.7. The van der Waals surface area contributed by atoms with Gasteiger partial charge in [-0.15, -0.1) is 11.3 Å². The summed E-state index contributed by atoms with van der Waals surface area (Å²) in [5.41, 5.74) is 0.989. The summed E-state index contributed by atoms with van der Waals surface area (Å²) in [4.78, 5) is 20.9. The van der Waals surface area contributed by atoms with Crippen LogP contribution >= 0.6 is 22.9 Å². The van der Waals surface area contributed by atoms with E-state index in [1.165, 1.54) is 18.4 Å². The van der Waals surface area contributed by atoms with Gasteiger partial charge in [-0.2, -0.15) is 4.98 Å². The molecule has 0 bridgehead atoms. The zero-order chi connectivity index (χ0) is 15.7. The van der Waals surface area contributed by atoms with Gasteiger partial charge in [-0.05, 0) is 19.1 Å². The van der Waals surface area contributed by atoms with Gasteiger partial charge < -0.3 is 9.26 Å². The average molecular weight is 336 g/mol. The monoisotopic (exact) mass is 335 g/mol. The number of thiazole rings is 1. The Balaban J connectivity index is 2.12. The first-order valence-electron chi connectivity index (χ1n) is 6.24. The quantitative estimate of drug-likeness (QED) is 0.680. The fourth-order valence-corrected chi connectivity index (χ4v) is 2.91. The molecule has 0 spiro atoms. The van der Waals surface area contributed by atoms with Crippen molar-refractivity contribution in [2.45, 2.75) is 6.92 Å². The SMILES string of the molecule is COC(=O)c1nc(-c2ccc(Cl)cc2)sc1-c1nc(C)no1. The van der Waals surface area contributed by atoms with Crippen LogP contribution < -0.4 is 0 Å². The van der Waals surface area contributed by atoms with Crippen molar-refractivity contribution in [3.8, 4) is 21.3 Å². The largest absolute Gasteiger partial charge is 0.464 e. The number of benzene rings is 1. The van der Waals surface area contributed by atoms with Gasteiger partial charge in [0.25, 0.3) is 5.89 Å². The van der Waals surface area contributed by atoms with E-state index in [1.54, 1.807) is 19.1 Å². The van der Waals surface area contributed by atoms with E-state index in [-0.39, 0.29) is 11.6 Å². The third kappa shape index (κ3) is 2.72. The maximum atomic E-state index is 11.9. The lowest BCUT2D eigenvalue weighted by molar-refractivity contribution is 0.0595. The summed E-state index contributed by atoms with van der Waals surface area (Å²) in [6.45, 7) is 1.70. The lowest BCUT2D eigenvalue weighted by Crippen LogP contribution is -2.03. The van der Waals surface area contributed by atoms with Gasteiger partial charge in [0.1, 0.15) is 9.88 Å². The van der Waals surface area contributed by atoms with Gasteiger partial charge in [0.05, 0.1) is 7.11 Å². The number of carbonyl (C=O) groups excluding carboxylic acids is 1. The summed E-state index contributed by atoms with van der Waals surface area (Å²) in [6.07, 6.45) is 0. The molecule has 6 nitrogen and oxygen atoms in total. The molecular formula is C14H10ClN3O3S. The first-order valence-corrected chi connectivity index (χ1v) is 7.43. The predicted molar refractivity (Wildman–Crippen MR) is 81.9 cm³/mol. The molecule has 0 aliphatic heterocycles. The standard InChI is InChI=1S/C14H10ClN3O3S/c1-7-16-12(21-18-7)11-10(14(19)20-2)17-13(22-11)8-3-5-9(15)6-4-8/h3-6H,1-2H3. The lowest BCUT2D eigenvalue weighted by atomic mass is 10.2. The minimum atomic E-state index is -0.553. The number of aromatic nitrogens is 3. The molecule has 0 fully saturated rings. The number of hydrogen-bond acceptors (Lipinski definition) is 7. The molecule has 1 aromatic carbocycles. The van der Waals surface area contributed by atoms with E-state index in [4.69, 9.17) is 20.9 Å². The molecule has 112 valence electrons. The van der Waals surface area contributed by atoms with E-state index < -0.39 is 5.97 Å². The zero-order valence-corrected chi connectivity index (χ0v) is 13.2. The fourth-order valence-electron chi connectivity index (χ4n) is 1.81. The molecule has 0 atom stereocenters. The van der Waals surface area contributed by atoms with Crippen molar-refractivity contribution in [2.75, 3.05) is 7.11 Å². The second-order valence-corrected chi connectivity index (χ2v) is 5.78. The van der Waals surface area contributed by atoms with Gasteiger partial charge in [-0.1, -0.05) is 28.9 Å². The second kappa shape index (κ2) is 5.86. The molecule has 0 aliphatic carbocycles. The topological polar surface area (TPSA) is 78.1 Å². The third-order valence-corrected chi connectivity index (χ3v) is 4.16. The van der Waals surface area contributed by atoms with Gasteiger partial charge in [-0.3, -0.25) is 0 Å². The van der Waals surface area contributed by atoms with Gasteiger partial charge in [0, 0.05) is 10.6 Å². The Kier molecular flexibility index (Phi) is 3.91. The summed E-state index contributed by atoms with van der Waals surface area (Å²) in [5.74, 6) is 0.171. The van der Waals surface area contributed by atoms with Crippen LogP contribution in [0.2, 0.25) is 5.02 Å². The van der Waals surface area contributed by atoms with E-state index in [9.17, 15) is 4.79 Å². The number of methoxy groups -OCH3 is 1. The van der Waals surface area contributed by atoms with Crippen molar-refractivity contribution >= 4 is 28.9 Å². The molecule has 22 heavy (non-hydrogen) atoms. The maximum Gasteiger partial charge on any atom is 0.358 e. The van der Waals surface area contributed by atoms with Crippen LogP contribution in [-0.4, -0.2) is 28.2 Å². The highest BCUT2D eigenvalue weighted by molar-refractivity contribution is 7.18. The van der Waals surface area contributed by atoms with Gasteiger partial charge in [-0.25, -0.2) is 9.78 Å². The molecule has 0 unspecified atom stereocenters. The van der Waals surface area contributed by atoms with E-state index in [2.05, 4.69) is 15.1 Å². The van der Waals surface area contributed by atoms with E-state index in [1.807, 2.05) is 12.1 Å². The smallest absolute Gasteiger partial charge is 0.358 e. The average Bonchev–Trinajstić information content (AvgIpc) is 3.13. The summed E-state index contributed by atoms with van der Waals surface area (Å²) < 4.78 is 9.90. The Labute approximate surface area is 134 Å². The first kappa shape index (κ1) is 14.7. The second-order valence-electron chi connectivity index (χ2n) is 4.34. The Morgan fingerprint density at radius 2 is 2.00 bits per heavy atom. The molecule has 2 heterocycles. The number of esters is 1. The number of rotatable bonds is 3. The number of nitrogens with zero attached hydrogens (tertiary/aromatic N) is 3.